The van der Waals surface area contributed by atoms with E-state index in [1.54, 1.807) is 68.8 Å². The van der Waals surface area contributed by atoms with Crippen LogP contribution in [-0.2, 0) is 0 Å². The minimum Gasteiger partial charge on any atom is -0.497 e. The van der Waals surface area contributed by atoms with E-state index in [1.807, 2.05) is 12.1 Å². The Balaban J connectivity index is 1.68. The molecule has 1 aliphatic heterocycles. The molecule has 0 saturated heterocycles. The number of methoxy groups -OCH3 is 6. The summed E-state index contributed by atoms with van der Waals surface area (Å²) in [5.74, 6) is 1.70. The standard InChI is InChI=1S/C36H32O10/c1-39-21-11-7-19(8-12-21)25-17-24(37)30-27(43-5)18-28(44-6)32(36(30)45-25)33-34(38)31-26(42-4)15-23(41-3)16-29(31)46-35(33)20-9-13-22(40-2)14-10-20/h7-18,33,35H,1-6H3/t33-,35+/m0/s1. The van der Waals surface area contributed by atoms with Crippen LogP contribution in [-0.4, -0.2) is 48.4 Å². The Kier molecular flexibility index (Phi) is 8.19. The van der Waals surface area contributed by atoms with Crippen LogP contribution in [0.5, 0.6) is 40.2 Å². The Morgan fingerprint density at radius 3 is 1.80 bits per heavy atom. The van der Waals surface area contributed by atoms with Crippen LogP contribution < -0.4 is 38.6 Å². The van der Waals surface area contributed by atoms with E-state index in [0.717, 1.165) is 0 Å². The van der Waals surface area contributed by atoms with Gasteiger partial charge in [0.2, 0.25) is 0 Å². The number of ether oxygens (including phenoxy) is 7. The molecule has 1 aliphatic rings. The quantitative estimate of drug-likeness (QED) is 0.178. The number of ketones is 1. The first-order chi connectivity index (χ1) is 22.3. The van der Waals surface area contributed by atoms with Crippen molar-refractivity contribution in [2.75, 3.05) is 42.7 Å². The fourth-order valence-corrected chi connectivity index (χ4v) is 5.83. The molecule has 1 aromatic heterocycles. The molecule has 5 aromatic rings. The Labute approximate surface area is 264 Å². The zero-order valence-corrected chi connectivity index (χ0v) is 26.2. The number of hydrogen-bond acceptors (Lipinski definition) is 10. The van der Waals surface area contributed by atoms with E-state index >= 15 is 0 Å². The third kappa shape index (κ3) is 5.11. The highest BCUT2D eigenvalue weighted by molar-refractivity contribution is 6.09. The fourth-order valence-electron chi connectivity index (χ4n) is 5.83. The van der Waals surface area contributed by atoms with Crippen molar-refractivity contribution < 1.29 is 42.4 Å². The van der Waals surface area contributed by atoms with Crippen molar-refractivity contribution in [2.45, 2.75) is 12.0 Å². The van der Waals surface area contributed by atoms with Crippen LogP contribution >= 0.6 is 0 Å². The summed E-state index contributed by atoms with van der Waals surface area (Å²) in [6, 6.07) is 20.6. The lowest BCUT2D eigenvalue weighted by Gasteiger charge is -2.35. The second kappa shape index (κ2) is 12.4. The van der Waals surface area contributed by atoms with Crippen molar-refractivity contribution in [2.24, 2.45) is 0 Å². The number of carbonyl (C=O) groups is 1. The predicted octanol–water partition coefficient (Wildman–Crippen LogP) is 6.61. The second-order valence-electron chi connectivity index (χ2n) is 10.5. The van der Waals surface area contributed by atoms with E-state index in [2.05, 4.69) is 0 Å². The predicted molar refractivity (Wildman–Crippen MR) is 171 cm³/mol. The molecule has 46 heavy (non-hydrogen) atoms. The van der Waals surface area contributed by atoms with Gasteiger partial charge >= 0.3 is 0 Å². The summed E-state index contributed by atoms with van der Waals surface area (Å²) in [5, 5.41) is 0.157. The van der Waals surface area contributed by atoms with Gasteiger partial charge in [0, 0.05) is 29.8 Å². The molecule has 10 heteroatoms. The van der Waals surface area contributed by atoms with Gasteiger partial charge in [-0.2, -0.15) is 0 Å². The van der Waals surface area contributed by atoms with E-state index in [0.29, 0.717) is 33.9 Å². The van der Waals surface area contributed by atoms with Crippen LogP contribution in [0.25, 0.3) is 22.3 Å². The highest BCUT2D eigenvalue weighted by Gasteiger charge is 2.45. The molecule has 6 rings (SSSR count). The van der Waals surface area contributed by atoms with Gasteiger partial charge in [-0.1, -0.05) is 12.1 Å². The number of carbonyl (C=O) groups excluding carboxylic acids is 1. The first-order valence-corrected chi connectivity index (χ1v) is 14.3. The average Bonchev–Trinajstić information content (AvgIpc) is 3.10. The van der Waals surface area contributed by atoms with Gasteiger partial charge in [-0.05, 0) is 42.0 Å². The highest BCUT2D eigenvalue weighted by Crippen LogP contribution is 2.52. The van der Waals surface area contributed by atoms with Crippen molar-refractivity contribution in [1.29, 1.82) is 0 Å². The number of Topliss-reactive ketones (excluding diaryl/α,β-unsaturated/α-hetero) is 1. The number of rotatable bonds is 9. The second-order valence-corrected chi connectivity index (χ2v) is 10.5. The summed E-state index contributed by atoms with van der Waals surface area (Å²) < 4.78 is 46.5. The Hall–Kier alpha value is -5.64. The smallest absolute Gasteiger partial charge is 0.197 e. The van der Waals surface area contributed by atoms with Gasteiger partial charge in [0.15, 0.2) is 11.2 Å². The molecular formula is C36H32O10. The van der Waals surface area contributed by atoms with Crippen molar-refractivity contribution in [1.82, 2.24) is 0 Å². The lowest BCUT2D eigenvalue weighted by molar-refractivity contribution is 0.0772. The zero-order chi connectivity index (χ0) is 32.5. The van der Waals surface area contributed by atoms with Crippen LogP contribution in [0.4, 0.5) is 0 Å². The molecule has 236 valence electrons. The molecule has 10 nitrogen and oxygen atoms in total. The molecular weight excluding hydrogens is 592 g/mol. The molecule has 0 saturated carbocycles. The maximum absolute atomic E-state index is 14.8. The van der Waals surface area contributed by atoms with Crippen LogP contribution in [0, 0.1) is 0 Å². The van der Waals surface area contributed by atoms with Crippen molar-refractivity contribution in [3.63, 3.8) is 0 Å². The molecule has 0 radical (unpaired) electrons. The first-order valence-electron chi connectivity index (χ1n) is 14.3. The molecule has 0 amide bonds. The van der Waals surface area contributed by atoms with Crippen LogP contribution in [0.3, 0.4) is 0 Å². The average molecular weight is 625 g/mol. The Morgan fingerprint density at radius 2 is 1.22 bits per heavy atom. The molecule has 4 aromatic carbocycles. The summed E-state index contributed by atoms with van der Waals surface area (Å²) in [7, 11) is 9.06. The van der Waals surface area contributed by atoms with Gasteiger partial charge in [0.05, 0.1) is 54.1 Å². The molecule has 0 aliphatic carbocycles. The summed E-state index contributed by atoms with van der Waals surface area (Å²) in [6.07, 6.45) is -0.886. The van der Waals surface area contributed by atoms with Crippen LogP contribution in [0.2, 0.25) is 0 Å². The maximum Gasteiger partial charge on any atom is 0.197 e. The number of fused-ring (bicyclic) bond motifs is 2. The summed E-state index contributed by atoms with van der Waals surface area (Å²) in [5.41, 5.74) is 1.61. The Morgan fingerprint density at radius 1 is 0.609 bits per heavy atom. The SMILES string of the molecule is COc1ccc(-c2cc(=O)c3c(OC)cc(OC)c([C@H]4C(=O)c5c(OC)cc(OC)cc5O[C@@H]4c4ccc(OC)cc4)c3o2)cc1. The van der Waals surface area contributed by atoms with E-state index in [4.69, 9.17) is 37.6 Å². The molecule has 0 spiro atoms. The molecule has 2 atom stereocenters. The number of benzene rings is 4. The lowest BCUT2D eigenvalue weighted by Crippen LogP contribution is -2.31. The van der Waals surface area contributed by atoms with Crippen LogP contribution in [0.1, 0.15) is 33.5 Å². The van der Waals surface area contributed by atoms with Crippen molar-refractivity contribution >= 4 is 16.8 Å². The van der Waals surface area contributed by atoms with E-state index < -0.39 is 12.0 Å². The van der Waals surface area contributed by atoms with Crippen molar-refractivity contribution in [3.8, 4) is 51.6 Å². The van der Waals surface area contributed by atoms with E-state index in [1.165, 1.54) is 34.5 Å². The maximum atomic E-state index is 14.8. The monoisotopic (exact) mass is 624 g/mol. The fraction of sp³-hybridized carbons (Fsp3) is 0.222. The topological polar surface area (TPSA) is 112 Å². The van der Waals surface area contributed by atoms with Gasteiger partial charge in [-0.15, -0.1) is 0 Å². The largest absolute Gasteiger partial charge is 0.497 e. The molecule has 0 fully saturated rings. The van der Waals surface area contributed by atoms with Gasteiger partial charge in [-0.25, -0.2) is 0 Å². The minimum atomic E-state index is -1.05. The van der Waals surface area contributed by atoms with Gasteiger partial charge in [0.1, 0.15) is 68.6 Å². The van der Waals surface area contributed by atoms with Gasteiger partial charge in [0.25, 0.3) is 0 Å². The third-order valence-electron chi connectivity index (χ3n) is 8.12. The lowest BCUT2D eigenvalue weighted by atomic mass is 9.79. The van der Waals surface area contributed by atoms with E-state index in [9.17, 15) is 9.59 Å². The number of hydrogen-bond donors (Lipinski definition) is 0. The molecule has 0 unspecified atom stereocenters. The van der Waals surface area contributed by atoms with Gasteiger partial charge in [-0.3, -0.25) is 9.59 Å². The summed E-state index contributed by atoms with van der Waals surface area (Å²) in [6.45, 7) is 0. The zero-order valence-electron chi connectivity index (χ0n) is 26.2. The Bertz CT molecular complexity index is 1980. The van der Waals surface area contributed by atoms with Gasteiger partial charge < -0.3 is 37.6 Å². The molecule has 0 bridgehead atoms. The van der Waals surface area contributed by atoms with Crippen molar-refractivity contribution in [3.05, 3.63) is 99.7 Å². The summed E-state index contributed by atoms with van der Waals surface area (Å²) >= 11 is 0. The normalized spacial score (nSPS) is 15.5. The minimum absolute atomic E-state index is 0.130. The van der Waals surface area contributed by atoms with E-state index in [-0.39, 0.29) is 56.5 Å². The van der Waals surface area contributed by atoms with Crippen LogP contribution in [0.15, 0.2) is 82.0 Å². The summed E-state index contributed by atoms with van der Waals surface area (Å²) in [4.78, 5) is 28.6. The molecule has 2 heterocycles. The first kappa shape index (κ1) is 30.4. The molecule has 0 N–H and O–H groups in total. The highest BCUT2D eigenvalue weighted by atomic mass is 16.5. The third-order valence-corrected chi connectivity index (χ3v) is 8.12.